The molecule has 4 nitrogen and oxygen atoms in total. The molecule has 118 valence electrons. The summed E-state index contributed by atoms with van der Waals surface area (Å²) < 4.78 is 0. The highest BCUT2D eigenvalue weighted by atomic mass is 15.2. The summed E-state index contributed by atoms with van der Waals surface area (Å²) in [4.78, 5) is 11.9. The lowest BCUT2D eigenvalue weighted by Gasteiger charge is -2.22. The largest absolute Gasteiger partial charge is 0.368 e. The van der Waals surface area contributed by atoms with Crippen molar-refractivity contribution >= 4 is 5.69 Å². The number of rotatable bonds is 6. The van der Waals surface area contributed by atoms with Gasteiger partial charge in [-0.25, -0.2) is 9.97 Å². The van der Waals surface area contributed by atoms with E-state index in [9.17, 15) is 0 Å². The van der Waals surface area contributed by atoms with Crippen LogP contribution in [0, 0.1) is 11.8 Å². The van der Waals surface area contributed by atoms with Crippen molar-refractivity contribution in [1.82, 2.24) is 15.3 Å². The van der Waals surface area contributed by atoms with Crippen molar-refractivity contribution in [2.75, 3.05) is 24.5 Å². The summed E-state index contributed by atoms with van der Waals surface area (Å²) in [6.45, 7) is 15.3. The lowest BCUT2D eigenvalue weighted by Crippen LogP contribution is -2.25. The van der Waals surface area contributed by atoms with Crippen LogP contribution < -0.4 is 10.2 Å². The second-order valence-electron chi connectivity index (χ2n) is 6.75. The summed E-state index contributed by atoms with van der Waals surface area (Å²) >= 11 is 0. The number of nitrogens with one attached hydrogen (secondary N) is 1. The molecule has 1 saturated heterocycles. The van der Waals surface area contributed by atoms with Crippen LogP contribution >= 0.6 is 0 Å². The van der Waals surface area contributed by atoms with Crippen LogP contribution in [0.2, 0.25) is 0 Å². The quantitative estimate of drug-likeness (QED) is 0.817. The molecule has 1 fully saturated rings. The SMILES string of the molecule is CCCNCc1nc(C(C)C)ncc1N1CC(C)C(C)C1. The molecule has 0 bridgehead atoms. The first-order chi connectivity index (χ1) is 10.0. The highest BCUT2D eigenvalue weighted by Gasteiger charge is 2.28. The molecule has 2 unspecified atom stereocenters. The third-order valence-electron chi connectivity index (χ3n) is 4.43. The first kappa shape index (κ1) is 16.2. The van der Waals surface area contributed by atoms with E-state index in [2.05, 4.69) is 49.8 Å². The predicted octanol–water partition coefficient (Wildman–Crippen LogP) is 3.19. The van der Waals surface area contributed by atoms with E-state index in [1.165, 1.54) is 5.69 Å². The van der Waals surface area contributed by atoms with Gasteiger partial charge in [-0.2, -0.15) is 0 Å². The molecule has 4 heteroatoms. The summed E-state index contributed by atoms with van der Waals surface area (Å²) in [5.41, 5.74) is 2.38. The van der Waals surface area contributed by atoms with Crippen LogP contribution in [0.15, 0.2) is 6.20 Å². The first-order valence-corrected chi connectivity index (χ1v) is 8.34. The van der Waals surface area contributed by atoms with Gasteiger partial charge in [-0.3, -0.25) is 0 Å². The molecule has 1 aromatic heterocycles. The Labute approximate surface area is 129 Å². The third kappa shape index (κ3) is 3.94. The fourth-order valence-corrected chi connectivity index (χ4v) is 2.81. The summed E-state index contributed by atoms with van der Waals surface area (Å²) in [6.07, 6.45) is 3.19. The van der Waals surface area contributed by atoms with Crippen LogP contribution in [-0.2, 0) is 6.54 Å². The van der Waals surface area contributed by atoms with E-state index in [0.29, 0.717) is 5.92 Å². The predicted molar refractivity (Wildman–Crippen MR) is 88.7 cm³/mol. The lowest BCUT2D eigenvalue weighted by molar-refractivity contribution is 0.494. The van der Waals surface area contributed by atoms with E-state index in [1.807, 2.05) is 6.20 Å². The molecule has 21 heavy (non-hydrogen) atoms. The summed E-state index contributed by atoms with van der Waals surface area (Å²) in [7, 11) is 0. The van der Waals surface area contributed by atoms with Gasteiger partial charge in [-0.15, -0.1) is 0 Å². The molecule has 2 atom stereocenters. The van der Waals surface area contributed by atoms with Gasteiger partial charge in [0.25, 0.3) is 0 Å². The highest BCUT2D eigenvalue weighted by molar-refractivity contribution is 5.50. The number of hydrogen-bond donors (Lipinski definition) is 1. The van der Waals surface area contributed by atoms with E-state index < -0.39 is 0 Å². The van der Waals surface area contributed by atoms with Crippen molar-refractivity contribution in [3.8, 4) is 0 Å². The monoisotopic (exact) mass is 290 g/mol. The van der Waals surface area contributed by atoms with Gasteiger partial charge in [0.05, 0.1) is 17.6 Å². The lowest BCUT2D eigenvalue weighted by atomic mass is 10.0. The normalized spacial score (nSPS) is 22.3. The molecule has 0 aromatic carbocycles. The molecule has 0 aliphatic carbocycles. The Balaban J connectivity index is 2.22. The smallest absolute Gasteiger partial charge is 0.131 e. The Morgan fingerprint density at radius 2 is 1.95 bits per heavy atom. The molecular formula is C17H30N4. The van der Waals surface area contributed by atoms with Crippen molar-refractivity contribution < 1.29 is 0 Å². The molecule has 2 heterocycles. The minimum atomic E-state index is 0.375. The van der Waals surface area contributed by atoms with Gasteiger partial charge in [-0.1, -0.05) is 34.6 Å². The zero-order valence-corrected chi connectivity index (χ0v) is 14.2. The third-order valence-corrected chi connectivity index (χ3v) is 4.43. The maximum Gasteiger partial charge on any atom is 0.131 e. The van der Waals surface area contributed by atoms with Gasteiger partial charge < -0.3 is 10.2 Å². The molecule has 1 N–H and O–H groups in total. The minimum Gasteiger partial charge on any atom is -0.368 e. The average Bonchev–Trinajstić information content (AvgIpc) is 2.78. The Morgan fingerprint density at radius 3 is 2.52 bits per heavy atom. The second-order valence-corrected chi connectivity index (χ2v) is 6.75. The highest BCUT2D eigenvalue weighted by Crippen LogP contribution is 2.29. The van der Waals surface area contributed by atoms with E-state index in [-0.39, 0.29) is 0 Å². The van der Waals surface area contributed by atoms with Gasteiger partial charge >= 0.3 is 0 Å². The molecule has 0 spiro atoms. The topological polar surface area (TPSA) is 41.1 Å². The van der Waals surface area contributed by atoms with Crippen molar-refractivity contribution in [3.05, 3.63) is 17.7 Å². The number of hydrogen-bond acceptors (Lipinski definition) is 4. The Morgan fingerprint density at radius 1 is 1.29 bits per heavy atom. The first-order valence-electron chi connectivity index (χ1n) is 8.34. The molecule has 1 aromatic rings. The van der Waals surface area contributed by atoms with E-state index in [0.717, 1.165) is 56.0 Å². The molecule has 1 aliphatic heterocycles. The van der Waals surface area contributed by atoms with E-state index in [1.54, 1.807) is 0 Å². The van der Waals surface area contributed by atoms with Gasteiger partial charge in [0, 0.05) is 25.6 Å². The molecule has 0 saturated carbocycles. The number of aromatic nitrogens is 2. The molecule has 0 radical (unpaired) electrons. The average molecular weight is 290 g/mol. The Hall–Kier alpha value is -1.16. The molecular weight excluding hydrogens is 260 g/mol. The number of anilines is 1. The van der Waals surface area contributed by atoms with E-state index in [4.69, 9.17) is 4.98 Å². The van der Waals surface area contributed by atoms with Crippen LogP contribution in [0.4, 0.5) is 5.69 Å². The fraction of sp³-hybridized carbons (Fsp3) is 0.765. The van der Waals surface area contributed by atoms with Gasteiger partial charge in [0.15, 0.2) is 0 Å². The van der Waals surface area contributed by atoms with Crippen molar-refractivity contribution in [3.63, 3.8) is 0 Å². The molecule has 0 amide bonds. The van der Waals surface area contributed by atoms with E-state index >= 15 is 0 Å². The van der Waals surface area contributed by atoms with Crippen molar-refractivity contribution in [2.24, 2.45) is 11.8 Å². The summed E-state index contributed by atoms with van der Waals surface area (Å²) in [5, 5.41) is 3.49. The minimum absolute atomic E-state index is 0.375. The van der Waals surface area contributed by atoms with Crippen molar-refractivity contribution in [1.29, 1.82) is 0 Å². The maximum atomic E-state index is 4.82. The number of nitrogens with zero attached hydrogens (tertiary/aromatic N) is 3. The van der Waals surface area contributed by atoms with Gasteiger partial charge in [-0.05, 0) is 24.8 Å². The van der Waals surface area contributed by atoms with Crippen molar-refractivity contribution in [2.45, 2.75) is 53.5 Å². The standard InChI is InChI=1S/C17H30N4/c1-6-7-18-8-15-16(9-19-17(20-15)12(2)3)21-10-13(4)14(5)11-21/h9,12-14,18H,6-8,10-11H2,1-5H3. The Kier molecular flexibility index (Phi) is 5.57. The second kappa shape index (κ2) is 7.21. The Bertz CT molecular complexity index is 448. The zero-order chi connectivity index (χ0) is 15.4. The fourth-order valence-electron chi connectivity index (χ4n) is 2.81. The van der Waals surface area contributed by atoms with Crippen LogP contribution in [0.5, 0.6) is 0 Å². The van der Waals surface area contributed by atoms with Gasteiger partial charge in [0.1, 0.15) is 5.82 Å². The summed E-state index contributed by atoms with van der Waals surface area (Å²) in [6, 6.07) is 0. The molecule has 2 rings (SSSR count). The van der Waals surface area contributed by atoms with Crippen LogP contribution in [0.3, 0.4) is 0 Å². The van der Waals surface area contributed by atoms with Crippen LogP contribution in [0.1, 0.15) is 58.5 Å². The molecule has 1 aliphatic rings. The van der Waals surface area contributed by atoms with Gasteiger partial charge in [0.2, 0.25) is 0 Å². The van der Waals surface area contributed by atoms with Crippen LogP contribution in [-0.4, -0.2) is 29.6 Å². The maximum absolute atomic E-state index is 4.82. The summed E-state index contributed by atoms with van der Waals surface area (Å²) in [5.74, 6) is 2.81. The zero-order valence-electron chi connectivity index (χ0n) is 14.2. The van der Waals surface area contributed by atoms with Crippen LogP contribution in [0.25, 0.3) is 0 Å².